The van der Waals surface area contributed by atoms with Crippen molar-refractivity contribution in [2.45, 2.75) is 46.1 Å². The number of thiol groups is 1. The van der Waals surface area contributed by atoms with Gasteiger partial charge in [-0.25, -0.2) is 0 Å². The van der Waals surface area contributed by atoms with E-state index < -0.39 is 0 Å². The Morgan fingerprint density at radius 1 is 1.31 bits per heavy atom. The Labute approximate surface area is 161 Å². The highest BCUT2D eigenvalue weighted by molar-refractivity contribution is 7.80. The lowest BCUT2D eigenvalue weighted by molar-refractivity contribution is 0.0936. The molecule has 1 N–H and O–H groups in total. The Bertz CT molecular complexity index is 691. The molecule has 26 heavy (non-hydrogen) atoms. The lowest BCUT2D eigenvalue weighted by atomic mass is 10.0. The first kappa shape index (κ1) is 21.8. The van der Waals surface area contributed by atoms with E-state index in [4.69, 9.17) is 0 Å². The molecule has 6 heteroatoms. The van der Waals surface area contributed by atoms with Crippen molar-refractivity contribution in [3.05, 3.63) is 64.3 Å². The zero-order valence-electron chi connectivity index (χ0n) is 15.6. The van der Waals surface area contributed by atoms with Crippen LogP contribution >= 0.6 is 12.6 Å². The van der Waals surface area contributed by atoms with Gasteiger partial charge in [-0.1, -0.05) is 38.0 Å². The molecule has 2 rings (SSSR count). The molecule has 1 heterocycles. The number of nitroso groups, excluding NO2 is 1. The van der Waals surface area contributed by atoms with Gasteiger partial charge in [-0.2, -0.15) is 12.6 Å². The van der Waals surface area contributed by atoms with Gasteiger partial charge in [0.2, 0.25) is 0 Å². The molecule has 0 aliphatic carbocycles. The summed E-state index contributed by atoms with van der Waals surface area (Å²) in [6.45, 7) is 6.01. The molecule has 0 saturated carbocycles. The lowest BCUT2D eigenvalue weighted by Crippen LogP contribution is -2.28. The van der Waals surface area contributed by atoms with Crippen molar-refractivity contribution in [2.75, 3.05) is 5.75 Å². The first-order valence-corrected chi connectivity index (χ1v) is 9.46. The second kappa shape index (κ2) is 12.2. The molecule has 0 radical (unpaired) electrons. The van der Waals surface area contributed by atoms with Gasteiger partial charge in [-0.3, -0.25) is 9.78 Å². The summed E-state index contributed by atoms with van der Waals surface area (Å²) in [5, 5.41) is 5.84. The van der Waals surface area contributed by atoms with Gasteiger partial charge in [0.05, 0.1) is 11.6 Å². The number of hydrogen-bond donors (Lipinski definition) is 2. The molecule has 1 aromatic heterocycles. The largest absolute Gasteiger partial charge is 0.345 e. The maximum absolute atomic E-state index is 12.4. The predicted molar refractivity (Wildman–Crippen MR) is 110 cm³/mol. The average Bonchev–Trinajstić information content (AvgIpc) is 2.67. The minimum atomic E-state index is -0.302. The number of amides is 1. The summed E-state index contributed by atoms with van der Waals surface area (Å²) in [5.74, 6) is 0.736. The van der Waals surface area contributed by atoms with Crippen LogP contribution < -0.4 is 5.32 Å². The second-order valence-corrected chi connectivity index (χ2v) is 6.36. The van der Waals surface area contributed by atoms with Crippen molar-refractivity contribution in [3.63, 3.8) is 0 Å². The molecule has 0 aliphatic heterocycles. The van der Waals surface area contributed by atoms with Crippen molar-refractivity contribution in [1.29, 1.82) is 0 Å². The molecule has 0 aliphatic rings. The van der Waals surface area contributed by atoms with Crippen molar-refractivity contribution >= 4 is 24.2 Å². The summed E-state index contributed by atoms with van der Waals surface area (Å²) < 4.78 is 0. The van der Waals surface area contributed by atoms with Gasteiger partial charge in [0, 0.05) is 12.4 Å². The number of nitrogens with zero attached hydrogens (tertiary/aromatic N) is 2. The molecule has 1 amide bonds. The van der Waals surface area contributed by atoms with Gasteiger partial charge in [-0.05, 0) is 54.5 Å². The average molecular weight is 374 g/mol. The molecule has 140 valence electrons. The van der Waals surface area contributed by atoms with E-state index in [0.717, 1.165) is 23.3 Å². The molecular weight excluding hydrogens is 346 g/mol. The van der Waals surface area contributed by atoms with Crippen LogP contribution in [0.15, 0.2) is 47.9 Å². The Kier molecular flexibility index (Phi) is 10.2. The molecule has 0 spiro atoms. The van der Waals surface area contributed by atoms with E-state index in [0.29, 0.717) is 5.56 Å². The van der Waals surface area contributed by atoms with Crippen molar-refractivity contribution in [2.24, 2.45) is 5.18 Å². The van der Waals surface area contributed by atoms with Crippen LogP contribution in [0.5, 0.6) is 0 Å². The van der Waals surface area contributed by atoms with Crippen LogP contribution in [0, 0.1) is 11.8 Å². The highest BCUT2D eigenvalue weighted by atomic mass is 32.1. The lowest BCUT2D eigenvalue weighted by Gasteiger charge is -2.17. The summed E-state index contributed by atoms with van der Waals surface area (Å²) in [5.41, 5.74) is 2.29. The highest BCUT2D eigenvalue weighted by Crippen LogP contribution is 2.22. The third-order valence-electron chi connectivity index (χ3n) is 3.81. The maximum Gasteiger partial charge on any atom is 0.254 e. The van der Waals surface area contributed by atoms with E-state index in [2.05, 4.69) is 35.0 Å². The molecule has 1 unspecified atom stereocenters. The maximum atomic E-state index is 12.4. The Hall–Kier alpha value is -2.21. The summed E-state index contributed by atoms with van der Waals surface area (Å²) in [4.78, 5) is 27.3. The SMILES string of the molecule is CCC(NC(=O)c1cc(C)ccc1N=O)c1cccnc1.CCCCS. The van der Waals surface area contributed by atoms with Gasteiger partial charge in [0.15, 0.2) is 0 Å². The zero-order valence-corrected chi connectivity index (χ0v) is 16.5. The minimum absolute atomic E-state index is 0.147. The molecule has 1 aromatic carbocycles. The van der Waals surface area contributed by atoms with E-state index in [1.54, 1.807) is 30.6 Å². The third kappa shape index (κ3) is 6.96. The van der Waals surface area contributed by atoms with Crippen LogP contribution in [0.2, 0.25) is 0 Å². The number of carbonyl (C=O) groups is 1. The molecule has 0 fully saturated rings. The Morgan fingerprint density at radius 3 is 2.58 bits per heavy atom. The van der Waals surface area contributed by atoms with E-state index in [-0.39, 0.29) is 17.6 Å². The molecule has 0 bridgehead atoms. The summed E-state index contributed by atoms with van der Waals surface area (Å²) in [6.07, 6.45) is 6.66. The number of pyridine rings is 1. The zero-order chi connectivity index (χ0) is 19.4. The third-order valence-corrected chi connectivity index (χ3v) is 4.12. The van der Waals surface area contributed by atoms with Crippen LogP contribution in [0.3, 0.4) is 0 Å². The number of unbranched alkanes of at least 4 members (excludes halogenated alkanes) is 1. The van der Waals surface area contributed by atoms with E-state index in [1.165, 1.54) is 12.8 Å². The van der Waals surface area contributed by atoms with E-state index in [1.807, 2.05) is 26.0 Å². The Balaban J connectivity index is 0.000000597. The molecule has 5 nitrogen and oxygen atoms in total. The van der Waals surface area contributed by atoms with Crippen LogP contribution in [0.25, 0.3) is 0 Å². The molecular formula is C20H27N3O2S. The number of aryl methyl sites for hydroxylation is 1. The predicted octanol–water partition coefficient (Wildman–Crippen LogP) is 5.39. The molecule has 0 saturated heterocycles. The Morgan fingerprint density at radius 2 is 2.08 bits per heavy atom. The van der Waals surface area contributed by atoms with E-state index >= 15 is 0 Å². The fourth-order valence-electron chi connectivity index (χ4n) is 2.31. The van der Waals surface area contributed by atoms with Gasteiger partial charge in [0.1, 0.15) is 5.69 Å². The fourth-order valence-corrected chi connectivity index (χ4v) is 2.62. The van der Waals surface area contributed by atoms with Gasteiger partial charge >= 0.3 is 0 Å². The van der Waals surface area contributed by atoms with Gasteiger partial charge in [-0.15, -0.1) is 4.91 Å². The minimum Gasteiger partial charge on any atom is -0.345 e. The highest BCUT2D eigenvalue weighted by Gasteiger charge is 2.17. The number of benzene rings is 1. The van der Waals surface area contributed by atoms with Gasteiger partial charge in [0.25, 0.3) is 5.91 Å². The van der Waals surface area contributed by atoms with Gasteiger partial charge < -0.3 is 5.32 Å². The second-order valence-electron chi connectivity index (χ2n) is 5.91. The smallest absolute Gasteiger partial charge is 0.254 e. The van der Waals surface area contributed by atoms with Crippen LogP contribution in [-0.2, 0) is 0 Å². The first-order chi connectivity index (χ1) is 12.6. The molecule has 2 aromatic rings. The summed E-state index contributed by atoms with van der Waals surface area (Å²) in [6, 6.07) is 8.58. The van der Waals surface area contributed by atoms with Crippen molar-refractivity contribution in [1.82, 2.24) is 10.3 Å². The summed E-state index contributed by atoms with van der Waals surface area (Å²) in [7, 11) is 0. The number of hydrogen-bond acceptors (Lipinski definition) is 5. The normalized spacial score (nSPS) is 11.1. The monoisotopic (exact) mass is 373 g/mol. The number of nitrogens with one attached hydrogen (secondary N) is 1. The number of aromatic nitrogens is 1. The van der Waals surface area contributed by atoms with Crippen molar-refractivity contribution < 1.29 is 4.79 Å². The van der Waals surface area contributed by atoms with Crippen LogP contribution in [-0.4, -0.2) is 16.6 Å². The van der Waals surface area contributed by atoms with E-state index in [9.17, 15) is 9.70 Å². The number of rotatable bonds is 7. The summed E-state index contributed by atoms with van der Waals surface area (Å²) >= 11 is 4.00. The number of carbonyl (C=O) groups excluding carboxylic acids is 1. The molecule has 1 atom stereocenters. The van der Waals surface area contributed by atoms with Crippen LogP contribution in [0.4, 0.5) is 5.69 Å². The van der Waals surface area contributed by atoms with Crippen molar-refractivity contribution in [3.8, 4) is 0 Å². The quantitative estimate of drug-likeness (QED) is 0.505. The first-order valence-electron chi connectivity index (χ1n) is 8.82. The topological polar surface area (TPSA) is 71.4 Å². The fraction of sp³-hybridized carbons (Fsp3) is 0.400. The van der Waals surface area contributed by atoms with Crippen LogP contribution in [0.1, 0.15) is 60.6 Å². The standard InChI is InChI=1S/C16H17N3O2.C4H10S/c1-3-14(12-5-4-8-17-10-12)18-16(20)13-9-11(2)6-7-15(13)19-21;1-2-3-4-5/h4-10,14H,3H2,1-2H3,(H,18,20);5H,2-4H2,1H3.